The van der Waals surface area contributed by atoms with Gasteiger partial charge in [-0.15, -0.1) is 0 Å². The fourth-order valence-electron chi connectivity index (χ4n) is 3.09. The Labute approximate surface area is 113 Å². The maximum Gasteiger partial charge on any atom is 0.126 e. The maximum atomic E-state index is 13.7. The van der Waals surface area contributed by atoms with Crippen molar-refractivity contribution < 1.29 is 13.9 Å². The van der Waals surface area contributed by atoms with Gasteiger partial charge >= 0.3 is 0 Å². The van der Waals surface area contributed by atoms with E-state index in [9.17, 15) is 4.39 Å². The average molecular weight is 265 g/mol. The molecular weight excluding hydrogens is 245 g/mol. The van der Waals surface area contributed by atoms with Crippen LogP contribution in [0.2, 0.25) is 0 Å². The molecule has 1 aliphatic carbocycles. The number of fused-ring (bicyclic) bond motifs is 1. The zero-order chi connectivity index (χ0) is 13.3. The quantitative estimate of drug-likeness (QED) is 0.905. The molecule has 0 aromatic heterocycles. The molecule has 2 unspecified atom stereocenters. The SMILES string of the molecule is COC1(CNC2CCc3c(F)cccc32)CCOC1. The van der Waals surface area contributed by atoms with Crippen LogP contribution in [0, 0.1) is 5.82 Å². The molecule has 0 spiro atoms. The second-order valence-corrected chi connectivity index (χ2v) is 5.47. The standard InChI is InChI=1S/C15H20FNO2/c1-18-15(7-8-19-10-15)9-17-14-6-5-11-12(14)3-2-4-13(11)16/h2-4,14,17H,5-10H2,1H3. The number of hydrogen-bond donors (Lipinski definition) is 1. The monoisotopic (exact) mass is 265 g/mol. The summed E-state index contributed by atoms with van der Waals surface area (Å²) in [5, 5.41) is 3.53. The third kappa shape index (κ3) is 2.40. The van der Waals surface area contributed by atoms with E-state index < -0.39 is 0 Å². The van der Waals surface area contributed by atoms with Crippen molar-refractivity contribution in [1.29, 1.82) is 0 Å². The van der Waals surface area contributed by atoms with Gasteiger partial charge in [-0.2, -0.15) is 0 Å². The van der Waals surface area contributed by atoms with Gasteiger partial charge < -0.3 is 14.8 Å². The number of rotatable bonds is 4. The van der Waals surface area contributed by atoms with Gasteiger partial charge in [-0.1, -0.05) is 12.1 Å². The van der Waals surface area contributed by atoms with Gasteiger partial charge in [-0.25, -0.2) is 4.39 Å². The molecule has 1 aromatic carbocycles. The smallest absolute Gasteiger partial charge is 0.126 e. The highest BCUT2D eigenvalue weighted by Gasteiger charge is 2.36. The number of nitrogens with one attached hydrogen (secondary N) is 1. The third-order valence-corrected chi connectivity index (χ3v) is 4.38. The van der Waals surface area contributed by atoms with Crippen LogP contribution in [-0.2, 0) is 15.9 Å². The Balaban J connectivity index is 1.68. The van der Waals surface area contributed by atoms with Crippen molar-refractivity contribution in [3.05, 3.63) is 35.1 Å². The van der Waals surface area contributed by atoms with Crippen molar-refractivity contribution in [2.45, 2.75) is 30.9 Å². The van der Waals surface area contributed by atoms with Crippen LogP contribution in [0.3, 0.4) is 0 Å². The fraction of sp³-hybridized carbons (Fsp3) is 0.600. The predicted molar refractivity (Wildman–Crippen MR) is 70.6 cm³/mol. The third-order valence-electron chi connectivity index (χ3n) is 4.38. The molecule has 3 nitrogen and oxygen atoms in total. The van der Waals surface area contributed by atoms with Crippen LogP contribution < -0.4 is 5.32 Å². The highest BCUT2D eigenvalue weighted by Crippen LogP contribution is 2.33. The molecule has 0 amide bonds. The lowest BCUT2D eigenvalue weighted by molar-refractivity contribution is -0.0175. The molecule has 1 heterocycles. The molecule has 1 fully saturated rings. The van der Waals surface area contributed by atoms with Gasteiger partial charge in [0, 0.05) is 32.7 Å². The normalized spacial score (nSPS) is 29.7. The maximum absolute atomic E-state index is 13.7. The topological polar surface area (TPSA) is 30.5 Å². The summed E-state index contributed by atoms with van der Waals surface area (Å²) in [6, 6.07) is 5.59. The van der Waals surface area contributed by atoms with Crippen molar-refractivity contribution in [3.8, 4) is 0 Å². The van der Waals surface area contributed by atoms with E-state index >= 15 is 0 Å². The highest BCUT2D eigenvalue weighted by atomic mass is 19.1. The van der Waals surface area contributed by atoms with Gasteiger partial charge in [-0.05, 0) is 30.0 Å². The van der Waals surface area contributed by atoms with Gasteiger partial charge in [-0.3, -0.25) is 0 Å². The van der Waals surface area contributed by atoms with Gasteiger partial charge in [0.15, 0.2) is 0 Å². The van der Waals surface area contributed by atoms with E-state index in [0.29, 0.717) is 6.61 Å². The van der Waals surface area contributed by atoms with Crippen LogP contribution in [0.25, 0.3) is 0 Å². The summed E-state index contributed by atoms with van der Waals surface area (Å²) in [4.78, 5) is 0. The highest BCUT2D eigenvalue weighted by molar-refractivity contribution is 5.35. The first-order valence-electron chi connectivity index (χ1n) is 6.88. The van der Waals surface area contributed by atoms with Gasteiger partial charge in [0.1, 0.15) is 11.4 Å². The van der Waals surface area contributed by atoms with Crippen LogP contribution in [-0.4, -0.2) is 32.5 Å². The Kier molecular flexibility index (Phi) is 3.56. The summed E-state index contributed by atoms with van der Waals surface area (Å²) in [6.45, 7) is 2.15. The van der Waals surface area contributed by atoms with Gasteiger partial charge in [0.2, 0.25) is 0 Å². The van der Waals surface area contributed by atoms with Crippen molar-refractivity contribution in [2.24, 2.45) is 0 Å². The zero-order valence-electron chi connectivity index (χ0n) is 11.2. The van der Waals surface area contributed by atoms with Crippen LogP contribution in [0.4, 0.5) is 4.39 Å². The van der Waals surface area contributed by atoms with E-state index in [4.69, 9.17) is 9.47 Å². The van der Waals surface area contributed by atoms with Crippen LogP contribution in [0.15, 0.2) is 18.2 Å². The summed E-state index contributed by atoms with van der Waals surface area (Å²) < 4.78 is 24.7. The molecule has 1 aliphatic heterocycles. The molecule has 4 heteroatoms. The molecule has 19 heavy (non-hydrogen) atoms. The summed E-state index contributed by atoms with van der Waals surface area (Å²) >= 11 is 0. The number of ether oxygens (including phenoxy) is 2. The van der Waals surface area contributed by atoms with Crippen LogP contribution in [0.1, 0.15) is 30.0 Å². The second-order valence-electron chi connectivity index (χ2n) is 5.47. The second kappa shape index (κ2) is 5.19. The molecule has 1 aromatic rings. The van der Waals surface area contributed by atoms with Crippen molar-refractivity contribution in [1.82, 2.24) is 5.32 Å². The van der Waals surface area contributed by atoms with E-state index in [0.717, 1.165) is 43.5 Å². The Morgan fingerprint density at radius 2 is 2.42 bits per heavy atom. The Morgan fingerprint density at radius 3 is 3.16 bits per heavy atom. The molecule has 2 aliphatic rings. The lowest BCUT2D eigenvalue weighted by Gasteiger charge is -2.28. The number of benzene rings is 1. The van der Waals surface area contributed by atoms with Crippen LogP contribution in [0.5, 0.6) is 0 Å². The van der Waals surface area contributed by atoms with Crippen molar-refractivity contribution >= 4 is 0 Å². The molecule has 0 radical (unpaired) electrons. The number of methoxy groups -OCH3 is 1. The summed E-state index contributed by atoms with van der Waals surface area (Å²) in [5.41, 5.74) is 1.76. The minimum absolute atomic E-state index is 0.0764. The first kappa shape index (κ1) is 13.0. The molecule has 0 bridgehead atoms. The fourth-order valence-corrected chi connectivity index (χ4v) is 3.09. The summed E-state index contributed by atoms with van der Waals surface area (Å²) in [6.07, 6.45) is 2.69. The largest absolute Gasteiger partial charge is 0.378 e. The van der Waals surface area contributed by atoms with E-state index in [1.54, 1.807) is 19.2 Å². The molecule has 2 atom stereocenters. The summed E-state index contributed by atoms with van der Waals surface area (Å²) in [7, 11) is 1.73. The average Bonchev–Trinajstić information content (AvgIpc) is 3.04. The lowest BCUT2D eigenvalue weighted by Crippen LogP contribution is -2.43. The first-order chi connectivity index (χ1) is 9.24. The van der Waals surface area contributed by atoms with E-state index in [-0.39, 0.29) is 17.5 Å². The Morgan fingerprint density at radius 1 is 1.53 bits per heavy atom. The Hall–Kier alpha value is -0.970. The van der Waals surface area contributed by atoms with Crippen LogP contribution >= 0.6 is 0 Å². The van der Waals surface area contributed by atoms with Gasteiger partial charge in [0.05, 0.1) is 6.61 Å². The summed E-state index contributed by atoms with van der Waals surface area (Å²) in [5.74, 6) is -0.0764. The molecule has 3 rings (SSSR count). The van der Waals surface area contributed by atoms with E-state index in [1.807, 2.05) is 6.07 Å². The number of hydrogen-bond acceptors (Lipinski definition) is 3. The minimum atomic E-state index is -0.212. The molecule has 1 N–H and O–H groups in total. The Bertz CT molecular complexity index is 457. The van der Waals surface area contributed by atoms with Crippen molar-refractivity contribution in [2.75, 3.05) is 26.9 Å². The zero-order valence-corrected chi connectivity index (χ0v) is 11.2. The van der Waals surface area contributed by atoms with Gasteiger partial charge in [0.25, 0.3) is 0 Å². The molecule has 0 saturated carbocycles. The van der Waals surface area contributed by atoms with E-state index in [1.165, 1.54) is 0 Å². The predicted octanol–water partition coefficient (Wildman–Crippen LogP) is 2.21. The minimum Gasteiger partial charge on any atom is -0.378 e. The van der Waals surface area contributed by atoms with E-state index in [2.05, 4.69) is 5.32 Å². The molecular formula is C15H20FNO2. The van der Waals surface area contributed by atoms with Crippen molar-refractivity contribution in [3.63, 3.8) is 0 Å². The first-order valence-corrected chi connectivity index (χ1v) is 6.88. The molecule has 104 valence electrons. The lowest BCUT2D eigenvalue weighted by atomic mass is 10.0. The number of halogens is 1. The molecule has 1 saturated heterocycles.